The van der Waals surface area contributed by atoms with Gasteiger partial charge in [-0.1, -0.05) is 18.5 Å². The van der Waals surface area contributed by atoms with Crippen molar-refractivity contribution in [1.82, 2.24) is 23.1 Å². The summed E-state index contributed by atoms with van der Waals surface area (Å²) in [7, 11) is 3.20. The van der Waals surface area contributed by atoms with E-state index in [0.29, 0.717) is 40.7 Å². The topological polar surface area (TPSA) is 75.5 Å². The minimum Gasteiger partial charge on any atom is -0.495 e. The minimum absolute atomic E-state index is 0.328. The number of hydrogen-bond donors (Lipinski definition) is 0. The minimum atomic E-state index is -0.362. The third-order valence-electron chi connectivity index (χ3n) is 5.36. The molecule has 8 nitrogen and oxygen atoms in total. The predicted octanol–water partition coefficient (Wildman–Crippen LogP) is 2.83. The number of halogens is 1. The number of imidazole rings is 2. The van der Waals surface area contributed by atoms with Gasteiger partial charge in [0.05, 0.1) is 17.8 Å². The molecule has 0 aliphatic heterocycles. The fourth-order valence-corrected chi connectivity index (χ4v) is 4.03. The summed E-state index contributed by atoms with van der Waals surface area (Å²) in [6.45, 7) is 6.18. The van der Waals surface area contributed by atoms with Crippen LogP contribution in [0.25, 0.3) is 22.6 Å². The van der Waals surface area contributed by atoms with E-state index < -0.39 is 0 Å². The van der Waals surface area contributed by atoms with E-state index in [1.54, 1.807) is 26.3 Å². The Balaban J connectivity index is 2.15. The van der Waals surface area contributed by atoms with Crippen molar-refractivity contribution in [3.8, 4) is 11.4 Å². The van der Waals surface area contributed by atoms with E-state index in [0.717, 1.165) is 17.1 Å². The Kier molecular flexibility index (Phi) is 4.53. The molecule has 152 valence electrons. The summed E-state index contributed by atoms with van der Waals surface area (Å²) in [5.74, 6) is 1.13. The zero-order valence-corrected chi connectivity index (χ0v) is 17.7. The summed E-state index contributed by atoms with van der Waals surface area (Å²) >= 11 is 6.33. The van der Waals surface area contributed by atoms with Gasteiger partial charge in [-0.15, -0.1) is 0 Å². The summed E-state index contributed by atoms with van der Waals surface area (Å²) in [4.78, 5) is 30.5. The van der Waals surface area contributed by atoms with Gasteiger partial charge in [0.2, 0.25) is 5.78 Å². The van der Waals surface area contributed by atoms with Gasteiger partial charge in [0.15, 0.2) is 11.2 Å². The standard InChI is InChI=1S/C20H22ClN5O3/c1-6-9-24-18(27)16-17(23(4)20(24)28)22-19-25(11(2)12(3)26(16)19)13-7-8-15(29-5)14(21)10-13/h7-8,10H,6,9H2,1-5H3. The summed E-state index contributed by atoms with van der Waals surface area (Å²) in [5.41, 5.74) is 2.65. The van der Waals surface area contributed by atoms with Gasteiger partial charge in [0.25, 0.3) is 5.56 Å². The SMILES string of the molecule is CCCn1c(=O)c2c(nc3n(-c4ccc(OC)c(Cl)c4)c(C)c(C)n23)n(C)c1=O. The van der Waals surface area contributed by atoms with Crippen LogP contribution in [-0.4, -0.2) is 30.2 Å². The van der Waals surface area contributed by atoms with Crippen LogP contribution in [0.2, 0.25) is 5.02 Å². The van der Waals surface area contributed by atoms with E-state index in [9.17, 15) is 9.59 Å². The summed E-state index contributed by atoms with van der Waals surface area (Å²) in [6.07, 6.45) is 0.686. The van der Waals surface area contributed by atoms with E-state index in [1.165, 1.54) is 9.13 Å². The molecule has 29 heavy (non-hydrogen) atoms. The molecule has 0 unspecified atom stereocenters. The Morgan fingerprint density at radius 1 is 1.17 bits per heavy atom. The first-order chi connectivity index (χ1) is 13.8. The maximum Gasteiger partial charge on any atom is 0.332 e. The van der Waals surface area contributed by atoms with E-state index in [1.807, 2.05) is 35.8 Å². The molecule has 4 rings (SSSR count). The van der Waals surface area contributed by atoms with E-state index >= 15 is 0 Å². The van der Waals surface area contributed by atoms with Gasteiger partial charge < -0.3 is 4.74 Å². The number of aromatic nitrogens is 5. The number of aryl methyl sites for hydroxylation is 2. The van der Waals surface area contributed by atoms with Gasteiger partial charge in [0.1, 0.15) is 5.75 Å². The average Bonchev–Trinajstić information content (AvgIpc) is 3.19. The molecule has 0 N–H and O–H groups in total. The van der Waals surface area contributed by atoms with Gasteiger partial charge in [-0.25, -0.2) is 4.79 Å². The van der Waals surface area contributed by atoms with Crippen LogP contribution in [0.4, 0.5) is 0 Å². The van der Waals surface area contributed by atoms with Gasteiger partial charge in [-0.2, -0.15) is 4.98 Å². The lowest BCUT2D eigenvalue weighted by molar-refractivity contribution is 0.415. The van der Waals surface area contributed by atoms with Crippen LogP contribution < -0.4 is 16.0 Å². The first kappa shape index (κ1) is 19.3. The highest BCUT2D eigenvalue weighted by molar-refractivity contribution is 6.32. The van der Waals surface area contributed by atoms with E-state index in [-0.39, 0.29) is 11.2 Å². The Morgan fingerprint density at radius 3 is 2.52 bits per heavy atom. The van der Waals surface area contributed by atoms with Gasteiger partial charge in [0, 0.05) is 25.0 Å². The van der Waals surface area contributed by atoms with Crippen molar-refractivity contribution in [3.05, 3.63) is 55.4 Å². The second kappa shape index (κ2) is 6.81. The lowest BCUT2D eigenvalue weighted by atomic mass is 10.2. The molecule has 0 fully saturated rings. The number of fused-ring (bicyclic) bond motifs is 3. The van der Waals surface area contributed by atoms with Crippen LogP contribution in [0.1, 0.15) is 24.7 Å². The lowest BCUT2D eigenvalue weighted by Crippen LogP contribution is -2.39. The van der Waals surface area contributed by atoms with Crippen LogP contribution in [0.3, 0.4) is 0 Å². The normalized spacial score (nSPS) is 11.7. The highest BCUT2D eigenvalue weighted by Crippen LogP contribution is 2.30. The molecule has 1 aromatic carbocycles. The van der Waals surface area contributed by atoms with Gasteiger partial charge in [-0.3, -0.25) is 22.9 Å². The van der Waals surface area contributed by atoms with Crippen molar-refractivity contribution < 1.29 is 4.74 Å². The predicted molar refractivity (Wildman–Crippen MR) is 113 cm³/mol. The largest absolute Gasteiger partial charge is 0.495 e. The molecule has 0 amide bonds. The van der Waals surface area contributed by atoms with Crippen molar-refractivity contribution in [3.63, 3.8) is 0 Å². The van der Waals surface area contributed by atoms with Crippen molar-refractivity contribution in [1.29, 1.82) is 0 Å². The second-order valence-corrected chi connectivity index (χ2v) is 7.45. The maximum absolute atomic E-state index is 13.2. The van der Waals surface area contributed by atoms with Crippen molar-refractivity contribution in [2.75, 3.05) is 7.11 Å². The monoisotopic (exact) mass is 415 g/mol. The molecule has 4 aromatic rings. The third-order valence-corrected chi connectivity index (χ3v) is 5.66. The lowest BCUT2D eigenvalue weighted by Gasteiger charge is -2.09. The third kappa shape index (κ3) is 2.62. The Bertz CT molecular complexity index is 1390. The summed E-state index contributed by atoms with van der Waals surface area (Å²) < 4.78 is 11.7. The Labute approximate surface area is 171 Å². The first-order valence-corrected chi connectivity index (χ1v) is 9.73. The quantitative estimate of drug-likeness (QED) is 0.513. The zero-order chi connectivity index (χ0) is 21.0. The molecule has 3 aromatic heterocycles. The molecule has 0 saturated heterocycles. The molecule has 0 bridgehead atoms. The molecule has 3 heterocycles. The number of rotatable bonds is 4. The molecular formula is C20H22ClN5O3. The number of nitrogens with zero attached hydrogens (tertiary/aromatic N) is 5. The van der Waals surface area contributed by atoms with Crippen LogP contribution in [0.15, 0.2) is 27.8 Å². The number of benzene rings is 1. The van der Waals surface area contributed by atoms with Gasteiger partial charge >= 0.3 is 5.69 Å². The Hall–Kier alpha value is -3.00. The highest BCUT2D eigenvalue weighted by Gasteiger charge is 2.23. The van der Waals surface area contributed by atoms with Crippen LogP contribution in [0, 0.1) is 13.8 Å². The first-order valence-electron chi connectivity index (χ1n) is 9.35. The zero-order valence-electron chi connectivity index (χ0n) is 17.0. The number of hydrogen-bond acceptors (Lipinski definition) is 4. The average molecular weight is 416 g/mol. The summed E-state index contributed by atoms with van der Waals surface area (Å²) in [5, 5.41) is 0.475. The molecule has 0 aliphatic rings. The van der Waals surface area contributed by atoms with Crippen LogP contribution in [0.5, 0.6) is 5.75 Å². The van der Waals surface area contributed by atoms with E-state index in [2.05, 4.69) is 4.98 Å². The fraction of sp³-hybridized carbons (Fsp3) is 0.350. The van der Waals surface area contributed by atoms with E-state index in [4.69, 9.17) is 16.3 Å². The Morgan fingerprint density at radius 2 is 1.90 bits per heavy atom. The highest BCUT2D eigenvalue weighted by atomic mass is 35.5. The van der Waals surface area contributed by atoms with Crippen LogP contribution in [-0.2, 0) is 13.6 Å². The molecule has 9 heteroatoms. The number of ether oxygens (including phenoxy) is 1. The van der Waals surface area contributed by atoms with Crippen LogP contribution >= 0.6 is 11.6 Å². The summed E-state index contributed by atoms with van der Waals surface area (Å²) in [6, 6.07) is 5.46. The second-order valence-electron chi connectivity index (χ2n) is 7.04. The molecule has 0 radical (unpaired) electrons. The maximum atomic E-state index is 13.2. The molecule has 0 atom stereocenters. The molecular weight excluding hydrogens is 394 g/mol. The van der Waals surface area contributed by atoms with Crippen molar-refractivity contribution in [2.45, 2.75) is 33.7 Å². The molecule has 0 saturated carbocycles. The van der Waals surface area contributed by atoms with Crippen molar-refractivity contribution in [2.24, 2.45) is 7.05 Å². The molecule has 0 aliphatic carbocycles. The molecule has 0 spiro atoms. The number of methoxy groups -OCH3 is 1. The fourth-order valence-electron chi connectivity index (χ4n) is 3.77. The smallest absolute Gasteiger partial charge is 0.332 e. The van der Waals surface area contributed by atoms with Crippen molar-refractivity contribution >= 4 is 28.5 Å². The van der Waals surface area contributed by atoms with Gasteiger partial charge in [-0.05, 0) is 38.5 Å².